The molecular formula is C18H13BrClN3O3S. The predicted octanol–water partition coefficient (Wildman–Crippen LogP) is 3.84. The van der Waals surface area contributed by atoms with E-state index in [0.717, 1.165) is 21.4 Å². The van der Waals surface area contributed by atoms with Crippen LogP contribution in [0.4, 0.5) is 0 Å². The molecule has 0 spiro atoms. The van der Waals surface area contributed by atoms with Gasteiger partial charge in [-0.25, -0.2) is 5.43 Å². The molecule has 1 heterocycles. The first-order chi connectivity index (χ1) is 13.0. The molecule has 0 atom stereocenters. The minimum atomic E-state index is -0.567. The summed E-state index contributed by atoms with van der Waals surface area (Å²) in [5.74, 6) is -0.712. The van der Waals surface area contributed by atoms with Crippen LogP contribution in [0.3, 0.4) is 0 Å². The fourth-order valence-electron chi connectivity index (χ4n) is 2.27. The van der Waals surface area contributed by atoms with Gasteiger partial charge in [0.2, 0.25) is 0 Å². The number of benzene rings is 2. The lowest BCUT2D eigenvalue weighted by molar-refractivity contribution is 0.0952. The molecule has 9 heteroatoms. The smallest absolute Gasteiger partial charge is 0.309 e. The van der Waals surface area contributed by atoms with E-state index in [1.54, 1.807) is 12.1 Å². The van der Waals surface area contributed by atoms with E-state index in [4.69, 9.17) is 11.6 Å². The van der Waals surface area contributed by atoms with E-state index in [0.29, 0.717) is 11.4 Å². The maximum Gasteiger partial charge on any atom is 0.309 e. The van der Waals surface area contributed by atoms with Crippen LogP contribution in [0.1, 0.15) is 20.8 Å². The first-order valence-electron chi connectivity index (χ1n) is 7.70. The molecule has 3 rings (SSSR count). The highest BCUT2D eigenvalue weighted by molar-refractivity contribution is 9.10. The Morgan fingerprint density at radius 3 is 2.67 bits per heavy atom. The van der Waals surface area contributed by atoms with Crippen molar-refractivity contribution in [3.63, 3.8) is 0 Å². The summed E-state index contributed by atoms with van der Waals surface area (Å²) in [6.07, 6.45) is 1.31. The van der Waals surface area contributed by atoms with Crippen molar-refractivity contribution >= 4 is 51.0 Å². The van der Waals surface area contributed by atoms with Crippen molar-refractivity contribution in [2.75, 3.05) is 0 Å². The molecule has 2 aromatic carbocycles. The van der Waals surface area contributed by atoms with Crippen molar-refractivity contribution in [3.8, 4) is 5.75 Å². The molecule has 0 saturated heterocycles. The number of halogens is 2. The molecule has 0 radical (unpaired) electrons. The van der Waals surface area contributed by atoms with Gasteiger partial charge in [0.1, 0.15) is 10.9 Å². The van der Waals surface area contributed by atoms with E-state index in [9.17, 15) is 14.7 Å². The summed E-state index contributed by atoms with van der Waals surface area (Å²) in [4.78, 5) is 24.4. The number of nitrogens with one attached hydrogen (secondary N) is 1. The Hall–Kier alpha value is -2.42. The fraction of sp³-hybridized carbons (Fsp3) is 0.0556. The zero-order valence-corrected chi connectivity index (χ0v) is 16.9. The molecule has 0 aliphatic carbocycles. The molecule has 0 aliphatic rings. The first-order valence-corrected chi connectivity index (χ1v) is 9.69. The van der Waals surface area contributed by atoms with Gasteiger partial charge >= 0.3 is 4.87 Å². The van der Waals surface area contributed by atoms with Crippen LogP contribution in [-0.4, -0.2) is 21.8 Å². The lowest BCUT2D eigenvalue weighted by atomic mass is 10.2. The highest BCUT2D eigenvalue weighted by Gasteiger charge is 2.13. The topological polar surface area (TPSA) is 83.7 Å². The lowest BCUT2D eigenvalue weighted by Crippen LogP contribution is -2.17. The van der Waals surface area contributed by atoms with Gasteiger partial charge in [0, 0.05) is 4.47 Å². The number of carbonyl (C=O) groups is 1. The number of amides is 1. The Bertz CT molecular complexity index is 1060. The van der Waals surface area contributed by atoms with Crippen LogP contribution in [0.25, 0.3) is 0 Å². The van der Waals surface area contributed by atoms with Crippen molar-refractivity contribution in [3.05, 3.63) is 83.8 Å². The van der Waals surface area contributed by atoms with Crippen LogP contribution in [0.15, 0.2) is 62.9 Å². The van der Waals surface area contributed by atoms with Gasteiger partial charge in [-0.1, -0.05) is 63.1 Å². The summed E-state index contributed by atoms with van der Waals surface area (Å²) >= 11 is 10.6. The number of aromatic hydroxyl groups is 1. The summed E-state index contributed by atoms with van der Waals surface area (Å²) in [5, 5.41) is 13.7. The van der Waals surface area contributed by atoms with E-state index in [-0.39, 0.29) is 21.3 Å². The van der Waals surface area contributed by atoms with Crippen LogP contribution >= 0.6 is 38.9 Å². The number of para-hydroxylation sites is 1. The second kappa shape index (κ2) is 8.51. The number of rotatable bonds is 5. The van der Waals surface area contributed by atoms with Gasteiger partial charge in [-0.2, -0.15) is 5.10 Å². The van der Waals surface area contributed by atoms with Crippen LogP contribution in [0.5, 0.6) is 5.75 Å². The van der Waals surface area contributed by atoms with Crippen LogP contribution in [-0.2, 0) is 6.54 Å². The molecule has 1 aromatic heterocycles. The Kier molecular flexibility index (Phi) is 6.10. The lowest BCUT2D eigenvalue weighted by Gasteiger charge is -2.04. The molecule has 0 fully saturated rings. The summed E-state index contributed by atoms with van der Waals surface area (Å²) in [6, 6.07) is 13.7. The van der Waals surface area contributed by atoms with Gasteiger partial charge in [-0.15, -0.1) is 0 Å². The van der Waals surface area contributed by atoms with Crippen molar-refractivity contribution in [1.29, 1.82) is 0 Å². The Morgan fingerprint density at radius 1 is 1.26 bits per heavy atom. The molecule has 6 nitrogen and oxygen atoms in total. The summed E-state index contributed by atoms with van der Waals surface area (Å²) in [5.41, 5.74) is 3.33. The van der Waals surface area contributed by atoms with Gasteiger partial charge < -0.3 is 5.11 Å². The number of nitrogens with zero attached hydrogens (tertiary/aromatic N) is 2. The number of hydrogen-bond donors (Lipinski definition) is 2. The van der Waals surface area contributed by atoms with Gasteiger partial charge in [0.15, 0.2) is 0 Å². The average molecular weight is 467 g/mol. The molecule has 27 heavy (non-hydrogen) atoms. The number of phenols is 1. The molecule has 0 unspecified atom stereocenters. The number of carbonyl (C=O) groups excluding carboxylic acids is 1. The maximum absolute atomic E-state index is 12.2. The van der Waals surface area contributed by atoms with E-state index in [1.165, 1.54) is 22.9 Å². The third-order valence-corrected chi connectivity index (χ3v) is 5.57. The van der Waals surface area contributed by atoms with Gasteiger partial charge in [0.25, 0.3) is 5.91 Å². The standard InChI is InChI=1S/C18H13BrClN3O3S/c19-12-7-5-11(6-8-12)10-23-16(20)15(27-18(23)26)9-21-22-17(25)13-3-1-2-4-14(13)24/h1-9,24H,10H2,(H,22,25)/b21-9+. The van der Waals surface area contributed by atoms with Gasteiger partial charge in [0.05, 0.1) is 23.2 Å². The number of thiazole rings is 1. The van der Waals surface area contributed by atoms with E-state index in [2.05, 4.69) is 26.5 Å². The van der Waals surface area contributed by atoms with Crippen molar-refractivity contribution < 1.29 is 9.90 Å². The molecule has 3 aromatic rings. The SMILES string of the molecule is O=C(N/N=C/c1sc(=O)n(Cc2ccc(Br)cc2)c1Cl)c1ccccc1O. The van der Waals surface area contributed by atoms with Crippen molar-refractivity contribution in [2.45, 2.75) is 6.54 Å². The number of aromatic nitrogens is 1. The van der Waals surface area contributed by atoms with Crippen molar-refractivity contribution in [2.24, 2.45) is 5.10 Å². The molecule has 0 aliphatic heterocycles. The zero-order valence-electron chi connectivity index (χ0n) is 13.7. The number of hydrazone groups is 1. The minimum Gasteiger partial charge on any atom is -0.507 e. The van der Waals surface area contributed by atoms with Gasteiger partial charge in [-0.05, 0) is 29.8 Å². The summed E-state index contributed by atoms with van der Waals surface area (Å²) in [7, 11) is 0. The molecule has 138 valence electrons. The minimum absolute atomic E-state index is 0.0988. The predicted molar refractivity (Wildman–Crippen MR) is 110 cm³/mol. The number of phenolic OH excluding ortho intramolecular Hbond substituents is 1. The Balaban J connectivity index is 1.73. The largest absolute Gasteiger partial charge is 0.507 e. The van der Waals surface area contributed by atoms with E-state index >= 15 is 0 Å². The average Bonchev–Trinajstić information content (AvgIpc) is 2.91. The molecular weight excluding hydrogens is 454 g/mol. The second-order valence-electron chi connectivity index (χ2n) is 5.45. The zero-order chi connectivity index (χ0) is 19.4. The molecule has 0 saturated carbocycles. The highest BCUT2D eigenvalue weighted by Crippen LogP contribution is 2.19. The second-order valence-corrected chi connectivity index (χ2v) is 7.72. The summed E-state index contributed by atoms with van der Waals surface area (Å²) < 4.78 is 2.38. The quantitative estimate of drug-likeness (QED) is 0.443. The fourth-order valence-corrected chi connectivity index (χ4v) is 3.64. The van der Waals surface area contributed by atoms with Crippen LogP contribution in [0.2, 0.25) is 5.15 Å². The Morgan fingerprint density at radius 2 is 1.96 bits per heavy atom. The van der Waals surface area contributed by atoms with E-state index in [1.807, 2.05) is 24.3 Å². The van der Waals surface area contributed by atoms with Crippen molar-refractivity contribution in [1.82, 2.24) is 9.99 Å². The maximum atomic E-state index is 12.2. The monoisotopic (exact) mass is 465 g/mol. The third-order valence-electron chi connectivity index (χ3n) is 3.61. The highest BCUT2D eigenvalue weighted by atomic mass is 79.9. The van der Waals surface area contributed by atoms with E-state index < -0.39 is 5.91 Å². The summed E-state index contributed by atoms with van der Waals surface area (Å²) in [6.45, 7) is 0.333. The third kappa shape index (κ3) is 4.65. The first kappa shape index (κ1) is 19.3. The normalized spacial score (nSPS) is 11.0. The van der Waals surface area contributed by atoms with Gasteiger partial charge in [-0.3, -0.25) is 14.2 Å². The van der Waals surface area contributed by atoms with Crippen LogP contribution in [0, 0.1) is 0 Å². The number of hydrogen-bond acceptors (Lipinski definition) is 5. The molecule has 1 amide bonds. The molecule has 0 bridgehead atoms. The Labute approximate surface area is 171 Å². The van der Waals surface area contributed by atoms with Crippen LogP contribution < -0.4 is 10.3 Å². The molecule has 2 N–H and O–H groups in total.